The Bertz CT molecular complexity index is 366. The molecule has 0 spiro atoms. The van der Waals surface area contributed by atoms with Crippen molar-refractivity contribution in [2.45, 2.75) is 39.5 Å². The van der Waals surface area contributed by atoms with Crippen LogP contribution in [0.1, 0.15) is 39.5 Å². The first-order chi connectivity index (χ1) is 9.40. The summed E-state index contributed by atoms with van der Waals surface area (Å²) in [7, 11) is 0. The molecule has 8 heteroatoms. The Morgan fingerprint density at radius 1 is 1.00 bits per heavy atom. The van der Waals surface area contributed by atoms with Gasteiger partial charge >= 0.3 is 18.0 Å². The first kappa shape index (κ1) is 17.9. The topological polar surface area (TPSA) is 125 Å². The fraction of sp³-hybridized carbons (Fsp3) is 0.667. The van der Waals surface area contributed by atoms with Crippen molar-refractivity contribution in [1.29, 1.82) is 0 Å². The van der Waals surface area contributed by atoms with Crippen LogP contribution < -0.4 is 16.0 Å². The highest BCUT2D eigenvalue weighted by Crippen LogP contribution is 2.06. The van der Waals surface area contributed by atoms with E-state index >= 15 is 0 Å². The van der Waals surface area contributed by atoms with Gasteiger partial charge in [-0.05, 0) is 19.3 Å². The molecule has 0 aromatic rings. The molecule has 5 amide bonds. The maximum atomic E-state index is 11.6. The number of carboxylic acid groups (broad SMARTS) is 1. The van der Waals surface area contributed by atoms with Gasteiger partial charge in [-0.25, -0.2) is 9.59 Å². The number of carboxylic acids is 1. The van der Waals surface area contributed by atoms with Crippen molar-refractivity contribution in [2.75, 3.05) is 6.54 Å². The van der Waals surface area contributed by atoms with Gasteiger partial charge in [0.2, 0.25) is 5.91 Å². The molecule has 0 aromatic carbocycles. The van der Waals surface area contributed by atoms with E-state index in [1.54, 1.807) is 0 Å². The fourth-order valence-corrected chi connectivity index (χ4v) is 1.49. The van der Waals surface area contributed by atoms with Crippen molar-refractivity contribution >= 4 is 23.9 Å². The number of hydrogen-bond donors (Lipinski definition) is 4. The van der Waals surface area contributed by atoms with E-state index in [2.05, 4.69) is 10.6 Å². The molecule has 0 atom stereocenters. The molecule has 0 heterocycles. The van der Waals surface area contributed by atoms with Gasteiger partial charge in [0.1, 0.15) is 0 Å². The van der Waals surface area contributed by atoms with E-state index in [0.29, 0.717) is 12.8 Å². The third kappa shape index (κ3) is 8.06. The first-order valence-electron chi connectivity index (χ1n) is 6.52. The number of carbonyl (C=O) groups is 4. The SMILES string of the molecule is CCC(CC)C(=O)NC(=O)NC(=O)NCCCC(=O)O. The number of carbonyl (C=O) groups excluding carboxylic acids is 3. The van der Waals surface area contributed by atoms with Crippen LogP contribution in [0.2, 0.25) is 0 Å². The van der Waals surface area contributed by atoms with Crippen LogP contribution in [-0.4, -0.2) is 35.6 Å². The summed E-state index contributed by atoms with van der Waals surface area (Å²) < 4.78 is 0. The Morgan fingerprint density at radius 3 is 2.10 bits per heavy atom. The second kappa shape index (κ2) is 9.76. The first-order valence-corrected chi connectivity index (χ1v) is 6.52. The Hall–Kier alpha value is -2.12. The number of hydrogen-bond acceptors (Lipinski definition) is 4. The molecule has 0 aliphatic heterocycles. The standard InChI is InChI=1S/C12H21N3O5/c1-3-8(4-2)10(18)14-12(20)15-11(19)13-7-5-6-9(16)17/h8H,3-7H2,1-2H3,(H,16,17)(H3,13,14,15,18,19,20). The van der Waals surface area contributed by atoms with Crippen LogP contribution in [0.3, 0.4) is 0 Å². The Balaban J connectivity index is 3.93. The van der Waals surface area contributed by atoms with E-state index in [-0.39, 0.29) is 25.3 Å². The zero-order valence-electron chi connectivity index (χ0n) is 11.7. The number of imide groups is 2. The van der Waals surface area contributed by atoms with Crippen LogP contribution in [-0.2, 0) is 9.59 Å². The van der Waals surface area contributed by atoms with Crippen LogP contribution >= 0.6 is 0 Å². The van der Waals surface area contributed by atoms with E-state index < -0.39 is 23.9 Å². The smallest absolute Gasteiger partial charge is 0.329 e. The summed E-state index contributed by atoms with van der Waals surface area (Å²) >= 11 is 0. The monoisotopic (exact) mass is 287 g/mol. The highest BCUT2D eigenvalue weighted by atomic mass is 16.4. The van der Waals surface area contributed by atoms with Crippen molar-refractivity contribution in [2.24, 2.45) is 5.92 Å². The molecular weight excluding hydrogens is 266 g/mol. The van der Waals surface area contributed by atoms with Crippen molar-refractivity contribution in [3.05, 3.63) is 0 Å². The van der Waals surface area contributed by atoms with Gasteiger partial charge < -0.3 is 10.4 Å². The molecule has 114 valence electrons. The van der Waals surface area contributed by atoms with Gasteiger partial charge in [-0.2, -0.15) is 0 Å². The second-order valence-electron chi connectivity index (χ2n) is 4.21. The van der Waals surface area contributed by atoms with Crippen LogP contribution in [0.15, 0.2) is 0 Å². The average Bonchev–Trinajstić information content (AvgIpc) is 2.35. The summed E-state index contributed by atoms with van der Waals surface area (Å²) in [6.45, 7) is 3.80. The minimum Gasteiger partial charge on any atom is -0.481 e. The molecule has 0 aromatic heterocycles. The van der Waals surface area contributed by atoms with Gasteiger partial charge in [-0.1, -0.05) is 13.8 Å². The third-order valence-corrected chi connectivity index (χ3v) is 2.67. The Morgan fingerprint density at radius 2 is 1.60 bits per heavy atom. The number of nitrogens with one attached hydrogen (secondary N) is 3. The fourth-order valence-electron chi connectivity index (χ4n) is 1.49. The van der Waals surface area contributed by atoms with Gasteiger partial charge in [-0.3, -0.25) is 20.2 Å². The summed E-state index contributed by atoms with van der Waals surface area (Å²) in [5.41, 5.74) is 0. The molecule has 0 aliphatic rings. The maximum absolute atomic E-state index is 11.6. The molecule has 0 rings (SSSR count). The molecule has 8 nitrogen and oxygen atoms in total. The van der Waals surface area contributed by atoms with E-state index in [4.69, 9.17) is 5.11 Å². The molecule has 0 fully saturated rings. The molecule has 0 unspecified atom stereocenters. The van der Waals surface area contributed by atoms with Crippen LogP contribution in [0, 0.1) is 5.92 Å². The predicted octanol–water partition coefficient (Wildman–Crippen LogP) is 0.823. The van der Waals surface area contributed by atoms with Crippen molar-refractivity contribution < 1.29 is 24.3 Å². The van der Waals surface area contributed by atoms with Gasteiger partial charge in [0, 0.05) is 18.9 Å². The summed E-state index contributed by atoms with van der Waals surface area (Å²) in [5.74, 6) is -1.65. The normalized spacial score (nSPS) is 9.95. The van der Waals surface area contributed by atoms with Gasteiger partial charge in [-0.15, -0.1) is 0 Å². The van der Waals surface area contributed by atoms with E-state index in [1.165, 1.54) is 0 Å². The third-order valence-electron chi connectivity index (χ3n) is 2.67. The van der Waals surface area contributed by atoms with Gasteiger partial charge in [0.15, 0.2) is 0 Å². The van der Waals surface area contributed by atoms with Gasteiger partial charge in [0.05, 0.1) is 0 Å². The van der Waals surface area contributed by atoms with Crippen LogP contribution in [0.25, 0.3) is 0 Å². The minimum absolute atomic E-state index is 0.0698. The summed E-state index contributed by atoms with van der Waals surface area (Å²) in [5, 5.41) is 14.7. The average molecular weight is 287 g/mol. The second-order valence-corrected chi connectivity index (χ2v) is 4.21. The molecule has 20 heavy (non-hydrogen) atoms. The van der Waals surface area contributed by atoms with Crippen LogP contribution in [0.5, 0.6) is 0 Å². The number of aliphatic carboxylic acids is 1. The van der Waals surface area contributed by atoms with Crippen molar-refractivity contribution in [3.63, 3.8) is 0 Å². The lowest BCUT2D eigenvalue weighted by Crippen LogP contribution is -2.48. The van der Waals surface area contributed by atoms with E-state index in [0.717, 1.165) is 0 Å². The van der Waals surface area contributed by atoms with Crippen LogP contribution in [0.4, 0.5) is 9.59 Å². The largest absolute Gasteiger partial charge is 0.481 e. The zero-order valence-corrected chi connectivity index (χ0v) is 11.7. The lowest BCUT2D eigenvalue weighted by Gasteiger charge is -2.12. The number of urea groups is 2. The maximum Gasteiger partial charge on any atom is 0.329 e. The molecule has 0 bridgehead atoms. The summed E-state index contributed by atoms with van der Waals surface area (Å²) in [4.78, 5) is 44.4. The molecule has 0 radical (unpaired) electrons. The number of amides is 5. The zero-order chi connectivity index (χ0) is 15.5. The molecular formula is C12H21N3O5. The lowest BCUT2D eigenvalue weighted by molar-refractivity contribution is -0.137. The summed E-state index contributed by atoms with van der Waals surface area (Å²) in [6, 6.07) is -1.66. The lowest BCUT2D eigenvalue weighted by atomic mass is 10.0. The van der Waals surface area contributed by atoms with E-state index in [1.807, 2.05) is 19.2 Å². The predicted molar refractivity (Wildman–Crippen MR) is 71.0 cm³/mol. The van der Waals surface area contributed by atoms with Crippen molar-refractivity contribution in [3.8, 4) is 0 Å². The molecule has 0 saturated carbocycles. The molecule has 0 saturated heterocycles. The minimum atomic E-state index is -0.958. The number of rotatable bonds is 7. The highest BCUT2D eigenvalue weighted by molar-refractivity contribution is 6.02. The van der Waals surface area contributed by atoms with Crippen molar-refractivity contribution in [1.82, 2.24) is 16.0 Å². The highest BCUT2D eigenvalue weighted by Gasteiger charge is 2.17. The summed E-state index contributed by atoms with van der Waals surface area (Å²) in [6.07, 6.45) is 1.41. The molecule has 4 N–H and O–H groups in total. The Kier molecular flexibility index (Phi) is 8.73. The molecule has 0 aliphatic carbocycles. The Labute approximate surface area is 117 Å². The quantitative estimate of drug-likeness (QED) is 0.516. The van der Waals surface area contributed by atoms with E-state index in [9.17, 15) is 19.2 Å². The van der Waals surface area contributed by atoms with Gasteiger partial charge in [0.25, 0.3) is 0 Å².